The Bertz CT molecular complexity index is 945. The van der Waals surface area contributed by atoms with E-state index in [-0.39, 0.29) is 24.3 Å². The zero-order valence-electron chi connectivity index (χ0n) is 16.9. The molecule has 0 saturated heterocycles. The molecule has 0 radical (unpaired) electrons. The molecule has 0 bridgehead atoms. The van der Waals surface area contributed by atoms with Gasteiger partial charge in [0.15, 0.2) is 18.1 Å². The first-order valence-corrected chi connectivity index (χ1v) is 11.2. The maximum atomic E-state index is 12.2. The summed E-state index contributed by atoms with van der Waals surface area (Å²) in [5.41, 5.74) is 3.68. The van der Waals surface area contributed by atoms with Gasteiger partial charge in [-0.2, -0.15) is 0 Å². The van der Waals surface area contributed by atoms with Gasteiger partial charge in [-0.15, -0.1) is 11.8 Å². The molecular weight excluding hydrogens is 402 g/mol. The third-order valence-corrected chi connectivity index (χ3v) is 6.20. The first-order valence-electron chi connectivity index (χ1n) is 10.2. The highest BCUT2D eigenvalue weighted by Gasteiger charge is 2.17. The van der Waals surface area contributed by atoms with Crippen LogP contribution in [0.5, 0.6) is 11.5 Å². The van der Waals surface area contributed by atoms with Crippen LogP contribution in [-0.2, 0) is 27.2 Å². The molecule has 1 aliphatic carbocycles. The lowest BCUT2D eigenvalue weighted by atomic mass is 10.1. The maximum absolute atomic E-state index is 12.2. The number of aryl methyl sites for hydroxylation is 2. The van der Waals surface area contributed by atoms with Crippen LogP contribution in [0, 0.1) is 0 Å². The van der Waals surface area contributed by atoms with Crippen LogP contribution < -0.4 is 14.8 Å². The minimum absolute atomic E-state index is 0.184. The van der Waals surface area contributed by atoms with Gasteiger partial charge in [0, 0.05) is 4.90 Å². The Hall–Kier alpha value is -2.67. The topological polar surface area (TPSA) is 73.9 Å². The lowest BCUT2D eigenvalue weighted by molar-refractivity contribution is -0.146. The summed E-state index contributed by atoms with van der Waals surface area (Å²) in [4.78, 5) is 25.2. The van der Waals surface area contributed by atoms with Crippen molar-refractivity contribution < 1.29 is 23.8 Å². The van der Waals surface area contributed by atoms with Gasteiger partial charge in [0.05, 0.1) is 11.8 Å². The molecule has 1 amide bonds. The predicted molar refractivity (Wildman–Crippen MR) is 114 cm³/mol. The van der Waals surface area contributed by atoms with Crippen molar-refractivity contribution in [3.8, 4) is 11.5 Å². The number of ether oxygens (including phenoxy) is 3. The minimum atomic E-state index is -0.400. The van der Waals surface area contributed by atoms with Crippen molar-refractivity contribution in [3.05, 3.63) is 53.1 Å². The van der Waals surface area contributed by atoms with E-state index in [0.29, 0.717) is 24.7 Å². The van der Waals surface area contributed by atoms with Gasteiger partial charge in [0.25, 0.3) is 5.91 Å². The van der Waals surface area contributed by atoms with Gasteiger partial charge in [-0.1, -0.05) is 12.1 Å². The van der Waals surface area contributed by atoms with Crippen molar-refractivity contribution in [2.75, 3.05) is 25.6 Å². The number of amides is 1. The number of thioether (sulfide) groups is 1. The van der Waals surface area contributed by atoms with Crippen LogP contribution in [0.3, 0.4) is 0 Å². The summed E-state index contributed by atoms with van der Waals surface area (Å²) < 4.78 is 16.2. The molecule has 4 rings (SSSR count). The van der Waals surface area contributed by atoms with Crippen molar-refractivity contribution in [3.63, 3.8) is 0 Å². The summed E-state index contributed by atoms with van der Waals surface area (Å²) in [5, 5.41) is 2.84. The average Bonchev–Trinajstić information content (AvgIpc) is 3.23. The molecule has 1 N–H and O–H groups in total. The highest BCUT2D eigenvalue weighted by Crippen LogP contribution is 2.32. The summed E-state index contributed by atoms with van der Waals surface area (Å²) in [6.07, 6.45) is 3.45. The maximum Gasteiger partial charge on any atom is 0.316 e. The number of fused-ring (bicyclic) bond motifs is 2. The van der Waals surface area contributed by atoms with Crippen LogP contribution >= 0.6 is 11.8 Å². The number of nitrogens with one attached hydrogen (secondary N) is 1. The van der Waals surface area contributed by atoms with E-state index in [1.165, 1.54) is 29.3 Å². The molecule has 1 aliphatic heterocycles. The lowest BCUT2D eigenvalue weighted by Crippen LogP contribution is -2.31. The Morgan fingerprint density at radius 1 is 1.07 bits per heavy atom. The van der Waals surface area contributed by atoms with E-state index in [0.717, 1.165) is 23.3 Å². The van der Waals surface area contributed by atoms with E-state index in [2.05, 4.69) is 17.4 Å². The van der Waals surface area contributed by atoms with Crippen molar-refractivity contribution in [1.82, 2.24) is 5.32 Å². The van der Waals surface area contributed by atoms with E-state index in [4.69, 9.17) is 14.2 Å². The zero-order chi connectivity index (χ0) is 20.9. The lowest BCUT2D eigenvalue weighted by Gasteiger charge is -2.21. The van der Waals surface area contributed by atoms with E-state index in [1.54, 1.807) is 0 Å². The Balaban J connectivity index is 1.21. The molecule has 158 valence electrons. The first-order chi connectivity index (χ1) is 14.6. The number of benzene rings is 2. The highest BCUT2D eigenvalue weighted by atomic mass is 32.2. The van der Waals surface area contributed by atoms with Crippen LogP contribution in [0.15, 0.2) is 41.3 Å². The zero-order valence-corrected chi connectivity index (χ0v) is 17.8. The van der Waals surface area contributed by atoms with Crippen molar-refractivity contribution in [2.45, 2.75) is 37.1 Å². The number of carbonyl (C=O) groups is 2. The molecule has 2 aromatic carbocycles. The van der Waals surface area contributed by atoms with E-state index >= 15 is 0 Å². The summed E-state index contributed by atoms with van der Waals surface area (Å²) in [7, 11) is 0. The second-order valence-corrected chi connectivity index (χ2v) is 8.47. The monoisotopic (exact) mass is 427 g/mol. The number of rotatable bonds is 7. The third kappa shape index (κ3) is 5.08. The fourth-order valence-corrected chi connectivity index (χ4v) is 4.42. The Labute approximate surface area is 180 Å². The van der Waals surface area contributed by atoms with E-state index in [1.807, 2.05) is 31.2 Å². The number of carbonyl (C=O) groups excluding carboxylic acids is 2. The molecule has 7 heteroatoms. The second-order valence-electron chi connectivity index (χ2n) is 7.43. The molecule has 2 aromatic rings. The van der Waals surface area contributed by atoms with Crippen LogP contribution in [0.1, 0.15) is 36.1 Å². The highest BCUT2D eigenvalue weighted by molar-refractivity contribution is 8.00. The quantitative estimate of drug-likeness (QED) is 0.539. The van der Waals surface area contributed by atoms with Gasteiger partial charge in [0.2, 0.25) is 0 Å². The van der Waals surface area contributed by atoms with Gasteiger partial charge in [-0.3, -0.25) is 9.59 Å². The van der Waals surface area contributed by atoms with Crippen LogP contribution in [-0.4, -0.2) is 37.4 Å². The van der Waals surface area contributed by atoms with E-state index < -0.39 is 5.97 Å². The van der Waals surface area contributed by atoms with Gasteiger partial charge in [-0.25, -0.2) is 0 Å². The molecule has 0 aromatic heterocycles. The predicted octanol–water partition coefficient (Wildman–Crippen LogP) is 3.46. The Morgan fingerprint density at radius 2 is 1.87 bits per heavy atom. The van der Waals surface area contributed by atoms with Gasteiger partial charge >= 0.3 is 5.97 Å². The molecule has 0 saturated carbocycles. The van der Waals surface area contributed by atoms with Crippen LogP contribution in [0.25, 0.3) is 0 Å². The average molecular weight is 428 g/mol. The summed E-state index contributed by atoms with van der Waals surface area (Å²) in [6.45, 7) is 2.62. The first kappa shape index (κ1) is 20.6. The molecular formula is C23H25NO5S. The van der Waals surface area contributed by atoms with Crippen LogP contribution in [0.4, 0.5) is 0 Å². The molecule has 6 nitrogen and oxygen atoms in total. The summed E-state index contributed by atoms with van der Waals surface area (Å²) >= 11 is 1.44. The molecule has 1 heterocycles. The fourth-order valence-electron chi connectivity index (χ4n) is 3.66. The molecule has 30 heavy (non-hydrogen) atoms. The molecule has 0 fully saturated rings. The molecule has 2 aliphatic rings. The molecule has 0 spiro atoms. The smallest absolute Gasteiger partial charge is 0.316 e. The van der Waals surface area contributed by atoms with Crippen molar-refractivity contribution in [2.24, 2.45) is 0 Å². The Morgan fingerprint density at radius 3 is 2.73 bits per heavy atom. The number of hydrogen-bond donors (Lipinski definition) is 1. The number of hydrogen-bond acceptors (Lipinski definition) is 6. The van der Waals surface area contributed by atoms with Crippen molar-refractivity contribution >= 4 is 23.6 Å². The van der Waals surface area contributed by atoms with Gasteiger partial charge in [-0.05, 0) is 67.1 Å². The van der Waals surface area contributed by atoms with Crippen LogP contribution in [0.2, 0.25) is 0 Å². The number of esters is 1. The fraction of sp³-hybridized carbons (Fsp3) is 0.391. The largest absolute Gasteiger partial charge is 0.486 e. The van der Waals surface area contributed by atoms with Crippen molar-refractivity contribution in [1.29, 1.82) is 0 Å². The summed E-state index contributed by atoms with van der Waals surface area (Å²) in [6, 6.07) is 11.7. The Kier molecular flexibility index (Phi) is 6.47. The van der Waals surface area contributed by atoms with E-state index in [9.17, 15) is 9.59 Å². The standard InChI is InChI=1S/C23H25NO5S/c1-15(17-6-8-20-21(12-17)28-10-9-27-20)24-22(25)13-29-23(26)14-30-19-7-5-16-3-2-4-18(16)11-19/h5-8,11-12,15H,2-4,9-10,13-14H2,1H3,(H,24,25). The SMILES string of the molecule is CC(NC(=O)COC(=O)CSc1ccc2c(c1)CCC2)c1ccc2c(c1)OCCO2. The molecule has 1 unspecified atom stereocenters. The van der Waals surface area contributed by atoms with Gasteiger partial charge in [0.1, 0.15) is 13.2 Å². The second kappa shape index (κ2) is 9.43. The molecule has 1 atom stereocenters. The summed E-state index contributed by atoms with van der Waals surface area (Å²) in [5.74, 6) is 0.827. The third-order valence-electron chi connectivity index (χ3n) is 5.23. The minimum Gasteiger partial charge on any atom is -0.486 e. The normalized spacial score (nSPS) is 15.2. The van der Waals surface area contributed by atoms with Gasteiger partial charge < -0.3 is 19.5 Å².